The highest BCUT2D eigenvalue weighted by Gasteiger charge is 2.38. The van der Waals surface area contributed by atoms with Crippen LogP contribution in [0.1, 0.15) is 31.3 Å². The summed E-state index contributed by atoms with van der Waals surface area (Å²) in [4.78, 5) is 13.8. The van der Waals surface area contributed by atoms with E-state index in [1.54, 1.807) is 6.07 Å². The molecule has 2 rings (SSSR count). The number of H-pyrrole nitrogens is 1. The van der Waals surface area contributed by atoms with Gasteiger partial charge in [-0.15, -0.1) is 0 Å². The Hall–Kier alpha value is -1.75. The molecule has 0 aliphatic carbocycles. The average Bonchev–Trinajstić information content (AvgIpc) is 2.69. The van der Waals surface area contributed by atoms with Gasteiger partial charge in [0.25, 0.3) is 0 Å². The van der Waals surface area contributed by atoms with Gasteiger partial charge in [-0.2, -0.15) is 0 Å². The number of hydrogen-bond acceptors (Lipinski definition) is 2. The number of carbonyl (C=O) groups is 1. The van der Waals surface area contributed by atoms with Crippen LogP contribution in [0.2, 0.25) is 18.1 Å². The van der Waals surface area contributed by atoms with Crippen molar-refractivity contribution < 1.29 is 14.3 Å². The van der Waals surface area contributed by atoms with Crippen molar-refractivity contribution in [3.8, 4) is 5.75 Å². The molecule has 0 atom stereocenters. The van der Waals surface area contributed by atoms with Gasteiger partial charge < -0.3 is 14.5 Å². The van der Waals surface area contributed by atoms with E-state index in [1.807, 2.05) is 18.2 Å². The van der Waals surface area contributed by atoms with E-state index in [0.717, 1.165) is 16.7 Å². The number of fused-ring (bicyclic) bond motifs is 1. The van der Waals surface area contributed by atoms with Crippen LogP contribution in [0.3, 0.4) is 0 Å². The predicted molar refractivity (Wildman–Crippen MR) is 83.1 cm³/mol. The SMILES string of the molecule is CC(C)(C)[Si](C)(C)Oc1ccc2[nH]c(C(=O)O)cc2c1. The second-order valence-corrected chi connectivity index (χ2v) is 11.3. The lowest BCUT2D eigenvalue weighted by atomic mass is 10.2. The number of aromatic carboxylic acids is 1. The molecule has 0 aliphatic heterocycles. The van der Waals surface area contributed by atoms with Crippen molar-refractivity contribution in [1.29, 1.82) is 0 Å². The van der Waals surface area contributed by atoms with Crippen LogP contribution >= 0.6 is 0 Å². The highest BCUT2D eigenvalue weighted by atomic mass is 28.4. The lowest BCUT2D eigenvalue weighted by Gasteiger charge is -2.36. The predicted octanol–water partition coefficient (Wildman–Crippen LogP) is 4.25. The number of rotatable bonds is 3. The van der Waals surface area contributed by atoms with Gasteiger partial charge >= 0.3 is 5.97 Å². The molecule has 0 spiro atoms. The Balaban J connectivity index is 2.35. The van der Waals surface area contributed by atoms with Gasteiger partial charge in [-0.1, -0.05) is 20.8 Å². The summed E-state index contributed by atoms with van der Waals surface area (Å²) in [6.07, 6.45) is 0. The summed E-state index contributed by atoms with van der Waals surface area (Å²) < 4.78 is 6.22. The minimum absolute atomic E-state index is 0.131. The van der Waals surface area contributed by atoms with Gasteiger partial charge in [0.15, 0.2) is 0 Å². The maximum Gasteiger partial charge on any atom is 0.352 e. The fourth-order valence-electron chi connectivity index (χ4n) is 1.74. The van der Waals surface area contributed by atoms with Crippen LogP contribution < -0.4 is 4.43 Å². The number of hydrogen-bond donors (Lipinski definition) is 2. The van der Waals surface area contributed by atoms with Crippen molar-refractivity contribution in [1.82, 2.24) is 4.98 Å². The Morgan fingerprint density at radius 1 is 1.25 bits per heavy atom. The number of aromatic nitrogens is 1. The number of benzene rings is 1. The molecule has 20 heavy (non-hydrogen) atoms. The first kappa shape index (κ1) is 14.7. The third-order valence-electron chi connectivity index (χ3n) is 4.00. The Morgan fingerprint density at radius 2 is 1.90 bits per heavy atom. The van der Waals surface area contributed by atoms with Crippen LogP contribution in [0, 0.1) is 0 Å². The molecular weight excluding hydrogens is 270 g/mol. The molecule has 2 N–H and O–H groups in total. The Labute approximate surface area is 119 Å². The molecule has 5 heteroatoms. The van der Waals surface area contributed by atoms with Crippen molar-refractivity contribution in [2.45, 2.75) is 38.9 Å². The second-order valence-electron chi connectivity index (χ2n) is 6.60. The monoisotopic (exact) mass is 291 g/mol. The van der Waals surface area contributed by atoms with Gasteiger partial charge in [0.2, 0.25) is 8.32 Å². The third kappa shape index (κ3) is 2.72. The van der Waals surface area contributed by atoms with Crippen LogP contribution in [-0.2, 0) is 0 Å². The Kier molecular flexibility index (Phi) is 3.42. The molecule has 0 saturated heterocycles. The van der Waals surface area contributed by atoms with Crippen molar-refractivity contribution in [2.75, 3.05) is 0 Å². The van der Waals surface area contributed by atoms with Crippen molar-refractivity contribution in [3.63, 3.8) is 0 Å². The summed E-state index contributed by atoms with van der Waals surface area (Å²) in [6.45, 7) is 11.0. The summed E-state index contributed by atoms with van der Waals surface area (Å²) in [6, 6.07) is 7.30. The topological polar surface area (TPSA) is 62.3 Å². The fourth-order valence-corrected chi connectivity index (χ4v) is 2.76. The smallest absolute Gasteiger partial charge is 0.352 e. The van der Waals surface area contributed by atoms with Crippen molar-refractivity contribution >= 4 is 25.2 Å². The molecule has 0 radical (unpaired) electrons. The number of carboxylic acids is 1. The maximum absolute atomic E-state index is 11.0. The largest absolute Gasteiger partial charge is 0.543 e. The van der Waals surface area contributed by atoms with E-state index < -0.39 is 14.3 Å². The van der Waals surface area contributed by atoms with Crippen LogP contribution in [0.15, 0.2) is 24.3 Å². The minimum Gasteiger partial charge on any atom is -0.543 e. The highest BCUT2D eigenvalue weighted by Crippen LogP contribution is 2.37. The summed E-state index contributed by atoms with van der Waals surface area (Å²) in [7, 11) is -1.87. The van der Waals surface area contributed by atoms with Crippen molar-refractivity contribution in [3.05, 3.63) is 30.0 Å². The Bertz CT molecular complexity index is 653. The summed E-state index contributed by atoms with van der Waals surface area (Å²) >= 11 is 0. The van der Waals surface area contributed by atoms with Crippen LogP contribution in [0.5, 0.6) is 5.75 Å². The molecule has 4 nitrogen and oxygen atoms in total. The first-order chi connectivity index (χ1) is 9.10. The van der Waals surface area contributed by atoms with Gasteiger partial charge in [0.1, 0.15) is 11.4 Å². The summed E-state index contributed by atoms with van der Waals surface area (Å²) in [5, 5.41) is 9.98. The first-order valence-electron chi connectivity index (χ1n) is 6.65. The van der Waals surface area contributed by atoms with E-state index in [-0.39, 0.29) is 10.7 Å². The molecule has 1 heterocycles. The van der Waals surface area contributed by atoms with E-state index in [4.69, 9.17) is 9.53 Å². The summed E-state index contributed by atoms with van der Waals surface area (Å²) in [5.41, 5.74) is 1.01. The van der Waals surface area contributed by atoms with E-state index >= 15 is 0 Å². The molecule has 2 aromatic rings. The molecule has 108 valence electrons. The molecule has 0 bridgehead atoms. The second kappa shape index (κ2) is 4.66. The molecule has 0 saturated carbocycles. The number of carboxylic acid groups (broad SMARTS) is 1. The summed E-state index contributed by atoms with van der Waals surface area (Å²) in [5.74, 6) is -0.145. The van der Waals surface area contributed by atoms with E-state index in [2.05, 4.69) is 38.8 Å². The lowest BCUT2D eigenvalue weighted by Crippen LogP contribution is -2.43. The molecule has 0 unspecified atom stereocenters. The van der Waals surface area contributed by atoms with Gasteiger partial charge in [-0.3, -0.25) is 0 Å². The maximum atomic E-state index is 11.0. The lowest BCUT2D eigenvalue weighted by molar-refractivity contribution is 0.0691. The quantitative estimate of drug-likeness (QED) is 0.831. The zero-order valence-corrected chi connectivity index (χ0v) is 13.6. The standard InChI is InChI=1S/C15H21NO3Si/c1-15(2,3)20(4,5)19-11-6-7-12-10(8-11)9-13(16-12)14(17)18/h6-9,16H,1-5H3,(H,17,18). The zero-order chi connectivity index (χ0) is 15.1. The van der Waals surface area contributed by atoms with Crippen LogP contribution in [0.25, 0.3) is 10.9 Å². The zero-order valence-electron chi connectivity index (χ0n) is 12.6. The minimum atomic E-state index is -1.87. The van der Waals surface area contributed by atoms with Gasteiger partial charge in [-0.05, 0) is 42.4 Å². The molecule has 1 aromatic carbocycles. The molecule has 0 aliphatic rings. The van der Waals surface area contributed by atoms with Gasteiger partial charge in [-0.25, -0.2) is 4.79 Å². The van der Waals surface area contributed by atoms with E-state index in [9.17, 15) is 4.79 Å². The normalized spacial score (nSPS) is 12.7. The van der Waals surface area contributed by atoms with E-state index in [1.165, 1.54) is 0 Å². The highest BCUT2D eigenvalue weighted by molar-refractivity contribution is 6.74. The van der Waals surface area contributed by atoms with Gasteiger partial charge in [0, 0.05) is 10.9 Å². The molecule has 0 amide bonds. The molecular formula is C15H21NO3Si. The van der Waals surface area contributed by atoms with Crippen LogP contribution in [-0.4, -0.2) is 24.4 Å². The first-order valence-corrected chi connectivity index (χ1v) is 9.56. The van der Waals surface area contributed by atoms with Gasteiger partial charge in [0.05, 0.1) is 0 Å². The van der Waals surface area contributed by atoms with Crippen LogP contribution in [0.4, 0.5) is 0 Å². The fraction of sp³-hybridized carbons (Fsp3) is 0.400. The Morgan fingerprint density at radius 3 is 2.45 bits per heavy atom. The third-order valence-corrected chi connectivity index (χ3v) is 8.36. The molecule has 1 aromatic heterocycles. The number of nitrogens with one attached hydrogen (secondary N) is 1. The molecule has 0 fully saturated rings. The van der Waals surface area contributed by atoms with Crippen molar-refractivity contribution in [2.24, 2.45) is 0 Å². The average molecular weight is 291 g/mol. The number of aromatic amines is 1. The van der Waals surface area contributed by atoms with E-state index in [0.29, 0.717) is 0 Å².